The van der Waals surface area contributed by atoms with Crippen molar-refractivity contribution in [3.8, 4) is 28.7 Å². The fourth-order valence-electron chi connectivity index (χ4n) is 4.20. The molecule has 4 rings (SSSR count). The van der Waals surface area contributed by atoms with Crippen molar-refractivity contribution in [3.05, 3.63) is 71.8 Å². The summed E-state index contributed by atoms with van der Waals surface area (Å²) in [5.41, 5.74) is 2.30. The maximum atomic E-state index is 13.4. The molecule has 0 aliphatic carbocycles. The molecule has 3 aromatic rings. The second kappa shape index (κ2) is 8.70. The van der Waals surface area contributed by atoms with Crippen molar-refractivity contribution in [1.29, 1.82) is 0 Å². The molecule has 0 bridgehead atoms. The summed E-state index contributed by atoms with van der Waals surface area (Å²) in [5.74, 6) is 1.28. The lowest BCUT2D eigenvalue weighted by Gasteiger charge is -2.48. The van der Waals surface area contributed by atoms with E-state index in [1.54, 1.807) is 29.2 Å². The lowest BCUT2D eigenvalue weighted by molar-refractivity contribution is -0.126. The van der Waals surface area contributed by atoms with Crippen LogP contribution in [0.4, 0.5) is 5.69 Å². The highest BCUT2D eigenvalue weighted by atomic mass is 16.5. The summed E-state index contributed by atoms with van der Waals surface area (Å²) in [5, 5.41) is 10.4. The summed E-state index contributed by atoms with van der Waals surface area (Å²) in [6.07, 6.45) is 0. The van der Waals surface area contributed by atoms with E-state index in [9.17, 15) is 9.90 Å². The number of aromatic hydroxyl groups is 1. The van der Waals surface area contributed by atoms with Gasteiger partial charge in [-0.15, -0.1) is 0 Å². The van der Waals surface area contributed by atoms with Crippen LogP contribution < -0.4 is 23.8 Å². The molecule has 0 saturated carbocycles. The molecule has 1 fully saturated rings. The summed E-state index contributed by atoms with van der Waals surface area (Å²) in [4.78, 5) is 15.1. The van der Waals surface area contributed by atoms with E-state index in [1.165, 1.54) is 28.4 Å². The molecule has 0 spiro atoms. The van der Waals surface area contributed by atoms with Crippen molar-refractivity contribution < 1.29 is 28.8 Å². The number of hydrogen-bond donors (Lipinski definition) is 1. The molecular weight excluding hydrogens is 410 g/mol. The summed E-state index contributed by atoms with van der Waals surface area (Å²) in [6.45, 7) is 0. The minimum absolute atomic E-state index is 0.0148. The van der Waals surface area contributed by atoms with Crippen LogP contribution in [0.5, 0.6) is 28.7 Å². The first-order valence-corrected chi connectivity index (χ1v) is 10.1. The van der Waals surface area contributed by atoms with Crippen LogP contribution in [0, 0.1) is 0 Å². The molecule has 1 aliphatic rings. The molecule has 3 aromatic carbocycles. The van der Waals surface area contributed by atoms with Crippen LogP contribution in [0.3, 0.4) is 0 Å². The van der Waals surface area contributed by atoms with Crippen LogP contribution >= 0.6 is 0 Å². The normalized spacial score (nSPS) is 17.5. The highest BCUT2D eigenvalue weighted by molar-refractivity contribution is 6.07. The standard InChI is InChI=1S/C25H25NO6/c1-29-19-11-10-16(12-18(19)27)23-22(15-8-6-5-7-9-15)25(28)26(23)17-13-20(30-2)24(32-4)21(14-17)31-3/h5-14,22-23,27H,1-4H3/t22-,23-/m0/s1. The number of phenols is 1. The fraction of sp³-hybridized carbons (Fsp3) is 0.240. The van der Waals surface area contributed by atoms with E-state index < -0.39 is 5.92 Å². The molecule has 1 saturated heterocycles. The molecule has 1 heterocycles. The first kappa shape index (κ1) is 21.4. The molecule has 1 N–H and O–H groups in total. The molecule has 166 valence electrons. The summed E-state index contributed by atoms with van der Waals surface area (Å²) < 4.78 is 21.5. The maximum Gasteiger partial charge on any atom is 0.237 e. The Labute approximate surface area is 186 Å². The number of anilines is 1. The van der Waals surface area contributed by atoms with Gasteiger partial charge in [0.2, 0.25) is 11.7 Å². The van der Waals surface area contributed by atoms with Crippen molar-refractivity contribution in [2.45, 2.75) is 12.0 Å². The second-order valence-electron chi connectivity index (χ2n) is 7.36. The van der Waals surface area contributed by atoms with Crippen LogP contribution in [-0.2, 0) is 4.79 Å². The van der Waals surface area contributed by atoms with Gasteiger partial charge in [-0.25, -0.2) is 0 Å². The van der Waals surface area contributed by atoms with Crippen molar-refractivity contribution in [3.63, 3.8) is 0 Å². The van der Waals surface area contributed by atoms with E-state index in [0.29, 0.717) is 28.7 Å². The van der Waals surface area contributed by atoms with Crippen LogP contribution in [0.1, 0.15) is 23.1 Å². The Bertz CT molecular complexity index is 1110. The topological polar surface area (TPSA) is 77.5 Å². The third-order valence-corrected chi connectivity index (χ3v) is 5.73. The number of rotatable bonds is 7. The number of β-lactam (4-membered cyclic amide) rings is 1. The highest BCUT2D eigenvalue weighted by Gasteiger charge is 2.50. The zero-order chi connectivity index (χ0) is 22.8. The zero-order valence-electron chi connectivity index (χ0n) is 18.4. The Balaban J connectivity index is 1.84. The number of benzene rings is 3. The van der Waals surface area contributed by atoms with Crippen LogP contribution in [0.2, 0.25) is 0 Å². The van der Waals surface area contributed by atoms with E-state index in [0.717, 1.165) is 11.1 Å². The minimum atomic E-state index is -0.400. The van der Waals surface area contributed by atoms with Gasteiger partial charge in [-0.1, -0.05) is 36.4 Å². The van der Waals surface area contributed by atoms with Gasteiger partial charge >= 0.3 is 0 Å². The molecule has 1 aliphatic heterocycles. The Morgan fingerprint density at radius 3 is 1.91 bits per heavy atom. The van der Waals surface area contributed by atoms with Gasteiger partial charge in [-0.3, -0.25) is 4.79 Å². The van der Waals surface area contributed by atoms with E-state index in [1.807, 2.05) is 36.4 Å². The Morgan fingerprint density at radius 2 is 1.38 bits per heavy atom. The smallest absolute Gasteiger partial charge is 0.237 e. The van der Waals surface area contributed by atoms with Crippen molar-refractivity contribution in [2.75, 3.05) is 33.3 Å². The maximum absolute atomic E-state index is 13.4. The van der Waals surface area contributed by atoms with Gasteiger partial charge in [0.15, 0.2) is 23.0 Å². The lowest BCUT2D eigenvalue weighted by Crippen LogP contribution is -2.53. The number of ether oxygens (including phenoxy) is 4. The minimum Gasteiger partial charge on any atom is -0.504 e. The van der Waals surface area contributed by atoms with Gasteiger partial charge in [0.25, 0.3) is 0 Å². The Morgan fingerprint density at radius 1 is 0.750 bits per heavy atom. The Kier molecular flexibility index (Phi) is 5.81. The monoisotopic (exact) mass is 435 g/mol. The number of methoxy groups -OCH3 is 4. The van der Waals surface area contributed by atoms with Crippen molar-refractivity contribution in [1.82, 2.24) is 0 Å². The van der Waals surface area contributed by atoms with E-state index in [2.05, 4.69) is 0 Å². The average Bonchev–Trinajstić information content (AvgIpc) is 2.82. The summed E-state index contributed by atoms with van der Waals surface area (Å²) in [7, 11) is 6.09. The van der Waals surface area contributed by atoms with Crippen LogP contribution in [0.15, 0.2) is 60.7 Å². The third kappa shape index (κ3) is 3.45. The Hall–Kier alpha value is -3.87. The second-order valence-corrected chi connectivity index (χ2v) is 7.36. The number of hydrogen-bond acceptors (Lipinski definition) is 6. The quantitative estimate of drug-likeness (QED) is 0.558. The number of amides is 1. The SMILES string of the molecule is COc1ccc([C@H]2[C@H](c3ccccc3)C(=O)N2c2cc(OC)c(OC)c(OC)c2)cc1O. The van der Waals surface area contributed by atoms with Crippen LogP contribution in [0.25, 0.3) is 0 Å². The van der Waals surface area contributed by atoms with Gasteiger partial charge < -0.3 is 29.0 Å². The number of carbonyl (C=O) groups excluding carboxylic acids is 1. The molecule has 7 nitrogen and oxygen atoms in total. The first-order valence-electron chi connectivity index (χ1n) is 10.1. The van der Waals surface area contributed by atoms with E-state index >= 15 is 0 Å². The molecule has 2 atom stereocenters. The number of nitrogens with zero attached hydrogens (tertiary/aromatic N) is 1. The molecule has 7 heteroatoms. The van der Waals surface area contributed by atoms with Gasteiger partial charge in [-0.2, -0.15) is 0 Å². The molecule has 32 heavy (non-hydrogen) atoms. The van der Waals surface area contributed by atoms with Crippen molar-refractivity contribution >= 4 is 11.6 Å². The third-order valence-electron chi connectivity index (χ3n) is 5.73. The summed E-state index contributed by atoms with van der Waals surface area (Å²) in [6, 6.07) is 17.9. The first-order chi connectivity index (χ1) is 15.5. The predicted octanol–water partition coefficient (Wildman–Crippen LogP) is 4.30. The average molecular weight is 435 g/mol. The molecular formula is C25H25NO6. The molecule has 1 amide bonds. The van der Waals surface area contributed by atoms with E-state index in [-0.39, 0.29) is 17.7 Å². The predicted molar refractivity (Wildman–Crippen MR) is 120 cm³/mol. The largest absolute Gasteiger partial charge is 0.504 e. The van der Waals surface area contributed by atoms with Gasteiger partial charge in [0.05, 0.1) is 46.1 Å². The van der Waals surface area contributed by atoms with Crippen LogP contribution in [-0.4, -0.2) is 39.5 Å². The number of phenolic OH excluding ortho intramolecular Hbond substituents is 1. The number of carbonyl (C=O) groups is 1. The van der Waals surface area contributed by atoms with Crippen molar-refractivity contribution in [2.24, 2.45) is 0 Å². The zero-order valence-corrected chi connectivity index (χ0v) is 18.4. The van der Waals surface area contributed by atoms with Gasteiger partial charge in [0.1, 0.15) is 0 Å². The van der Waals surface area contributed by atoms with E-state index in [4.69, 9.17) is 18.9 Å². The fourth-order valence-corrected chi connectivity index (χ4v) is 4.20. The molecule has 0 aromatic heterocycles. The van der Waals surface area contributed by atoms with Gasteiger partial charge in [-0.05, 0) is 23.3 Å². The molecule has 0 radical (unpaired) electrons. The molecule has 0 unspecified atom stereocenters. The van der Waals surface area contributed by atoms with Gasteiger partial charge in [0, 0.05) is 12.1 Å². The summed E-state index contributed by atoms with van der Waals surface area (Å²) >= 11 is 0. The lowest BCUT2D eigenvalue weighted by atomic mass is 9.77. The highest BCUT2D eigenvalue weighted by Crippen LogP contribution is 2.52.